The molecule has 2 N–H and O–H groups in total. The molecule has 168 valence electrons. The summed E-state index contributed by atoms with van der Waals surface area (Å²) in [4.78, 5) is 14.0. The molecule has 2 aliphatic rings. The molecule has 3 heterocycles. The van der Waals surface area contributed by atoms with E-state index in [0.717, 1.165) is 43.2 Å². The lowest BCUT2D eigenvalue weighted by Crippen LogP contribution is -2.44. The molecule has 0 atom stereocenters. The first kappa shape index (κ1) is 20.0. The van der Waals surface area contributed by atoms with E-state index in [1.807, 2.05) is 30.3 Å². The smallest absolute Gasteiger partial charge is 0.325 e. The molecule has 8 nitrogen and oxygen atoms in total. The maximum absolute atomic E-state index is 6.14. The van der Waals surface area contributed by atoms with Crippen molar-refractivity contribution in [3.8, 4) is 11.8 Å². The Morgan fingerprint density at radius 3 is 2.55 bits per heavy atom. The SMILES string of the molecule is CN1CCN(c2cc(Nc3cc(C4CC4)[nH]n3)nc(Oc3ccc4ccccc4c3)n2)CC1. The van der Waals surface area contributed by atoms with Crippen LogP contribution in [0.15, 0.2) is 54.6 Å². The second-order valence-corrected chi connectivity index (χ2v) is 8.90. The second-order valence-electron chi connectivity index (χ2n) is 8.90. The van der Waals surface area contributed by atoms with Gasteiger partial charge in [0.05, 0.1) is 0 Å². The molecule has 33 heavy (non-hydrogen) atoms. The Hall–Kier alpha value is -3.65. The molecule has 0 amide bonds. The number of H-pyrrole nitrogens is 1. The van der Waals surface area contributed by atoms with Crippen LogP contribution in [0.2, 0.25) is 0 Å². The number of benzene rings is 2. The maximum atomic E-state index is 6.14. The Bertz CT molecular complexity index is 1270. The van der Waals surface area contributed by atoms with Crippen LogP contribution in [0.25, 0.3) is 10.8 Å². The van der Waals surface area contributed by atoms with Crippen LogP contribution in [-0.4, -0.2) is 58.3 Å². The Balaban J connectivity index is 1.30. The molecule has 2 aromatic carbocycles. The molecule has 2 aromatic heterocycles. The third-order valence-electron chi connectivity index (χ3n) is 6.32. The van der Waals surface area contributed by atoms with Crippen LogP contribution in [0.3, 0.4) is 0 Å². The van der Waals surface area contributed by atoms with E-state index in [1.165, 1.54) is 23.9 Å². The zero-order valence-electron chi connectivity index (χ0n) is 18.7. The van der Waals surface area contributed by atoms with Crippen LogP contribution in [-0.2, 0) is 0 Å². The molecule has 1 aliphatic carbocycles. The van der Waals surface area contributed by atoms with Gasteiger partial charge < -0.3 is 19.9 Å². The Morgan fingerprint density at radius 1 is 0.909 bits per heavy atom. The summed E-state index contributed by atoms with van der Waals surface area (Å²) in [5, 5.41) is 13.2. The van der Waals surface area contributed by atoms with E-state index in [1.54, 1.807) is 0 Å². The molecule has 0 unspecified atom stereocenters. The van der Waals surface area contributed by atoms with Crippen molar-refractivity contribution in [2.45, 2.75) is 18.8 Å². The number of piperazine rings is 1. The third-order valence-corrected chi connectivity index (χ3v) is 6.32. The number of aromatic nitrogens is 4. The average molecular weight is 442 g/mol. The van der Waals surface area contributed by atoms with E-state index in [-0.39, 0.29) is 0 Å². The largest absolute Gasteiger partial charge is 0.424 e. The Morgan fingerprint density at radius 2 is 1.73 bits per heavy atom. The summed E-state index contributed by atoms with van der Waals surface area (Å²) in [7, 11) is 2.15. The molecule has 0 spiro atoms. The molecule has 1 saturated carbocycles. The van der Waals surface area contributed by atoms with Gasteiger partial charge in [-0.25, -0.2) is 0 Å². The van der Waals surface area contributed by atoms with Crippen LogP contribution < -0.4 is 15.0 Å². The normalized spacial score (nSPS) is 16.8. The quantitative estimate of drug-likeness (QED) is 0.455. The predicted molar refractivity (Wildman–Crippen MR) is 130 cm³/mol. The minimum atomic E-state index is 0.321. The monoisotopic (exact) mass is 441 g/mol. The van der Waals surface area contributed by atoms with Crippen molar-refractivity contribution >= 4 is 28.2 Å². The second kappa shape index (κ2) is 8.37. The highest BCUT2D eigenvalue weighted by Crippen LogP contribution is 2.39. The van der Waals surface area contributed by atoms with E-state index in [4.69, 9.17) is 9.72 Å². The number of rotatable bonds is 6. The van der Waals surface area contributed by atoms with E-state index in [0.29, 0.717) is 23.5 Å². The summed E-state index contributed by atoms with van der Waals surface area (Å²) in [5.74, 6) is 3.62. The number of aromatic amines is 1. The van der Waals surface area contributed by atoms with E-state index >= 15 is 0 Å². The zero-order chi connectivity index (χ0) is 22.2. The van der Waals surface area contributed by atoms with Crippen molar-refractivity contribution in [1.82, 2.24) is 25.1 Å². The third kappa shape index (κ3) is 4.47. The van der Waals surface area contributed by atoms with Gasteiger partial charge >= 0.3 is 6.01 Å². The minimum Gasteiger partial charge on any atom is -0.424 e. The Labute approximate surface area is 192 Å². The number of hydrogen-bond acceptors (Lipinski definition) is 7. The van der Waals surface area contributed by atoms with Crippen LogP contribution in [0.4, 0.5) is 17.5 Å². The van der Waals surface area contributed by atoms with Gasteiger partial charge in [0.1, 0.15) is 17.4 Å². The van der Waals surface area contributed by atoms with Crippen molar-refractivity contribution in [2.75, 3.05) is 43.4 Å². The first-order chi connectivity index (χ1) is 16.2. The van der Waals surface area contributed by atoms with Crippen molar-refractivity contribution < 1.29 is 4.74 Å². The van der Waals surface area contributed by atoms with Crippen LogP contribution in [0.1, 0.15) is 24.5 Å². The van der Waals surface area contributed by atoms with Gasteiger partial charge in [0, 0.05) is 49.9 Å². The highest BCUT2D eigenvalue weighted by Gasteiger charge is 2.25. The molecule has 1 saturated heterocycles. The van der Waals surface area contributed by atoms with Crippen molar-refractivity contribution in [1.29, 1.82) is 0 Å². The summed E-state index contributed by atoms with van der Waals surface area (Å²) in [6.07, 6.45) is 2.46. The molecule has 0 bridgehead atoms. The molecule has 6 rings (SSSR count). The fourth-order valence-corrected chi connectivity index (χ4v) is 4.19. The summed E-state index contributed by atoms with van der Waals surface area (Å²) in [6, 6.07) is 18.6. The average Bonchev–Trinajstić information content (AvgIpc) is 3.58. The summed E-state index contributed by atoms with van der Waals surface area (Å²) >= 11 is 0. The lowest BCUT2D eigenvalue weighted by Gasteiger charge is -2.33. The zero-order valence-corrected chi connectivity index (χ0v) is 18.7. The van der Waals surface area contributed by atoms with Crippen molar-refractivity contribution in [3.05, 3.63) is 60.3 Å². The van der Waals surface area contributed by atoms with E-state index in [9.17, 15) is 0 Å². The number of fused-ring (bicyclic) bond motifs is 1. The molecular weight excluding hydrogens is 414 g/mol. The molecule has 8 heteroatoms. The van der Waals surface area contributed by atoms with E-state index < -0.39 is 0 Å². The number of hydrogen-bond donors (Lipinski definition) is 2. The highest BCUT2D eigenvalue weighted by atomic mass is 16.5. The van der Waals surface area contributed by atoms with Crippen LogP contribution in [0, 0.1) is 0 Å². The number of likely N-dealkylation sites (N-methyl/N-ethyl adjacent to an activating group) is 1. The van der Waals surface area contributed by atoms with Gasteiger partial charge in [-0.2, -0.15) is 15.1 Å². The Kier molecular flexibility index (Phi) is 5.07. The number of nitrogens with one attached hydrogen (secondary N) is 2. The minimum absolute atomic E-state index is 0.321. The first-order valence-corrected chi connectivity index (χ1v) is 11.5. The molecular formula is C25H27N7O. The fourth-order valence-electron chi connectivity index (χ4n) is 4.19. The molecule has 1 aliphatic heterocycles. The van der Waals surface area contributed by atoms with Gasteiger partial charge in [-0.15, -0.1) is 0 Å². The molecule has 4 aromatic rings. The number of anilines is 3. The summed E-state index contributed by atoms with van der Waals surface area (Å²) in [6.45, 7) is 3.82. The lowest BCUT2D eigenvalue weighted by molar-refractivity contribution is 0.311. The van der Waals surface area contributed by atoms with Gasteiger partial charge in [-0.1, -0.05) is 30.3 Å². The lowest BCUT2D eigenvalue weighted by atomic mass is 10.1. The highest BCUT2D eigenvalue weighted by molar-refractivity contribution is 5.83. The predicted octanol–water partition coefficient (Wildman–Crippen LogP) is 4.52. The fraction of sp³-hybridized carbons (Fsp3) is 0.320. The van der Waals surface area contributed by atoms with Gasteiger partial charge in [0.2, 0.25) is 0 Å². The van der Waals surface area contributed by atoms with E-state index in [2.05, 4.69) is 61.6 Å². The maximum Gasteiger partial charge on any atom is 0.325 e. The van der Waals surface area contributed by atoms with Gasteiger partial charge in [-0.3, -0.25) is 5.10 Å². The first-order valence-electron chi connectivity index (χ1n) is 11.5. The van der Waals surface area contributed by atoms with Gasteiger partial charge in [0.15, 0.2) is 5.82 Å². The van der Waals surface area contributed by atoms with Crippen LogP contribution >= 0.6 is 0 Å². The van der Waals surface area contributed by atoms with Crippen molar-refractivity contribution in [3.63, 3.8) is 0 Å². The van der Waals surface area contributed by atoms with Crippen LogP contribution in [0.5, 0.6) is 11.8 Å². The van der Waals surface area contributed by atoms with Gasteiger partial charge in [0.25, 0.3) is 0 Å². The summed E-state index contributed by atoms with van der Waals surface area (Å²) in [5.41, 5.74) is 1.18. The van der Waals surface area contributed by atoms with Gasteiger partial charge in [-0.05, 0) is 42.8 Å². The standard InChI is InChI=1S/C25H27N7O/c1-31-10-12-32(13-11-31)24-16-22(26-23-15-21(29-30-23)18-6-7-18)27-25(28-24)33-20-9-8-17-4-2-3-5-19(17)14-20/h2-5,8-9,14-16,18H,6-7,10-13H2,1H3,(H2,26,27,28,29,30). The topological polar surface area (TPSA) is 82.2 Å². The van der Waals surface area contributed by atoms with Crippen molar-refractivity contribution in [2.24, 2.45) is 0 Å². The summed E-state index contributed by atoms with van der Waals surface area (Å²) < 4.78 is 6.14. The molecule has 2 fully saturated rings. The molecule has 0 radical (unpaired) electrons. The number of ether oxygens (including phenoxy) is 1. The number of nitrogens with zero attached hydrogens (tertiary/aromatic N) is 5.